The Labute approximate surface area is 261 Å². The van der Waals surface area contributed by atoms with Crippen molar-refractivity contribution >= 4 is 97.3 Å². The average Bonchev–Trinajstić information content (AvgIpc) is 3.74. The van der Waals surface area contributed by atoms with Gasteiger partial charge in [0.05, 0.1) is 32.0 Å². The van der Waals surface area contributed by atoms with Gasteiger partial charge >= 0.3 is 5.91 Å². The lowest BCUT2D eigenvalue weighted by Gasteiger charge is -2.26. The first kappa shape index (κ1) is 23.2. The maximum absolute atomic E-state index is 14.8. The lowest BCUT2D eigenvalue weighted by Crippen LogP contribution is -2.46. The van der Waals surface area contributed by atoms with Crippen LogP contribution >= 0.6 is 0 Å². The van der Waals surface area contributed by atoms with Gasteiger partial charge < -0.3 is 4.74 Å². The number of carbonyl (C=O) groups is 1. The zero-order valence-electron chi connectivity index (χ0n) is 23.9. The molecule has 0 spiro atoms. The third kappa shape index (κ3) is 2.21. The molecule has 10 aromatic rings. The fourth-order valence-electron chi connectivity index (χ4n) is 9.04. The van der Waals surface area contributed by atoms with E-state index < -0.39 is 9.84 Å². The van der Waals surface area contributed by atoms with Gasteiger partial charge in [-0.25, -0.2) is 23.2 Å². The highest BCUT2D eigenvalue weighted by atomic mass is 32.2. The van der Waals surface area contributed by atoms with Crippen molar-refractivity contribution in [3.63, 3.8) is 0 Å². The van der Waals surface area contributed by atoms with Crippen LogP contribution in [0.15, 0.2) is 87.4 Å². The quantitative estimate of drug-likeness (QED) is 0.126. The van der Waals surface area contributed by atoms with Crippen LogP contribution in [0.25, 0.3) is 93.0 Å². The summed E-state index contributed by atoms with van der Waals surface area (Å²) < 4.78 is 39.2. The molecular formula is C37H15N4O5S+. The molecule has 10 heteroatoms. The van der Waals surface area contributed by atoms with Crippen LogP contribution in [0.5, 0.6) is 5.75 Å². The molecule has 13 rings (SSSR count). The molecule has 0 radical (unpaired) electrons. The number of ether oxygens (including phenoxy) is 1. The fourth-order valence-corrected chi connectivity index (χ4v) is 10.8. The molecule has 6 heterocycles. The number of hydrogen-bond acceptors (Lipinski definition) is 6. The molecule has 0 aliphatic carbocycles. The van der Waals surface area contributed by atoms with E-state index in [1.807, 2.05) is 60.7 Å². The summed E-state index contributed by atoms with van der Waals surface area (Å²) in [6, 6.07) is 22.1. The molecule has 3 aliphatic rings. The molecular weight excluding hydrogens is 612 g/mol. The Bertz CT molecular complexity index is 3470. The van der Waals surface area contributed by atoms with Gasteiger partial charge in [-0.05, 0) is 54.1 Å². The normalized spacial score (nSPS) is 15.8. The van der Waals surface area contributed by atoms with Crippen molar-refractivity contribution in [2.45, 2.75) is 16.4 Å². The highest BCUT2D eigenvalue weighted by Crippen LogP contribution is 2.58. The van der Waals surface area contributed by atoms with Crippen LogP contribution in [0, 0.1) is 0 Å². The lowest BCUT2D eigenvalue weighted by molar-refractivity contribution is -0.530. The van der Waals surface area contributed by atoms with Crippen molar-refractivity contribution in [2.75, 3.05) is 0 Å². The topological polar surface area (TPSA) is 114 Å². The summed E-state index contributed by atoms with van der Waals surface area (Å²) >= 11 is 0. The van der Waals surface area contributed by atoms with Crippen LogP contribution in [0.2, 0.25) is 0 Å². The molecule has 0 atom stereocenters. The van der Waals surface area contributed by atoms with Crippen molar-refractivity contribution in [1.29, 1.82) is 0 Å². The van der Waals surface area contributed by atoms with E-state index in [0.717, 1.165) is 27.2 Å². The minimum Gasteiger partial charge on any atom is -0.488 e. The maximum Gasteiger partial charge on any atom is 0.347 e. The maximum atomic E-state index is 14.8. The third-order valence-electron chi connectivity index (χ3n) is 10.8. The van der Waals surface area contributed by atoms with Crippen molar-refractivity contribution in [3.05, 3.63) is 94.3 Å². The van der Waals surface area contributed by atoms with E-state index in [4.69, 9.17) is 9.72 Å². The number of H-pyrrole nitrogens is 1. The SMILES string of the molecule is O=C1c2cc3c4c5c(cc6c(=O)n7c8ccccc8nc7c7cc8c(c9c(cc(c2c49)-c2[nH]c4ccccc4[n+]21)S8(=O)=O)c5c67)CO3. The molecule has 3 aliphatic heterocycles. The Morgan fingerprint density at radius 3 is 2.45 bits per heavy atom. The van der Waals surface area contributed by atoms with Crippen LogP contribution in [-0.4, -0.2) is 28.7 Å². The van der Waals surface area contributed by atoms with Gasteiger partial charge in [-0.15, -0.1) is 0 Å². The second-order valence-corrected chi connectivity index (χ2v) is 14.7. The van der Waals surface area contributed by atoms with Crippen LogP contribution < -0.4 is 14.9 Å². The van der Waals surface area contributed by atoms with E-state index in [2.05, 4.69) is 4.98 Å². The molecule has 0 saturated carbocycles. The summed E-state index contributed by atoms with van der Waals surface area (Å²) in [6.45, 7) is 0.175. The third-order valence-corrected chi connectivity index (χ3v) is 12.6. The van der Waals surface area contributed by atoms with Gasteiger partial charge in [0.25, 0.3) is 11.4 Å². The van der Waals surface area contributed by atoms with Gasteiger partial charge in [0.1, 0.15) is 18.0 Å². The second kappa shape index (κ2) is 6.84. The van der Waals surface area contributed by atoms with Crippen LogP contribution in [0.4, 0.5) is 0 Å². The Kier molecular flexibility index (Phi) is 3.38. The zero-order valence-corrected chi connectivity index (χ0v) is 24.7. The first-order chi connectivity index (χ1) is 22.9. The van der Waals surface area contributed by atoms with E-state index in [0.29, 0.717) is 82.6 Å². The van der Waals surface area contributed by atoms with E-state index >= 15 is 0 Å². The molecule has 0 unspecified atom stereocenters. The monoisotopic (exact) mass is 627 g/mol. The van der Waals surface area contributed by atoms with Crippen molar-refractivity contribution in [1.82, 2.24) is 14.4 Å². The number of sulfone groups is 1. The standard InChI is InChI=1S/C37H14N4O5S/c42-36-17-9-14-13-46-23-10-18-28-16(35-39-20-6-2-4-8-22(20)41(35)37(18)43)12-25-31-30-24(47(25,44)45)11-15(27(17)32(30)26(14)29(23)33(28)31)34-38-19-5-1-3-7-21(19)40(34)36/h1-12H,13H2/p+1. The van der Waals surface area contributed by atoms with Crippen LogP contribution in [-0.2, 0) is 16.4 Å². The van der Waals surface area contributed by atoms with E-state index in [9.17, 15) is 18.0 Å². The van der Waals surface area contributed by atoms with E-state index in [-0.39, 0.29) is 27.9 Å². The van der Waals surface area contributed by atoms with Crippen molar-refractivity contribution in [2.24, 2.45) is 0 Å². The molecule has 0 saturated heterocycles. The molecule has 0 bridgehead atoms. The summed E-state index contributed by atoms with van der Waals surface area (Å²) in [5, 5.41) is 6.76. The first-order valence-electron chi connectivity index (χ1n) is 15.2. The molecule has 218 valence electrons. The molecule has 7 aromatic carbocycles. The fraction of sp³-hybridized carbons (Fsp3) is 0.0270. The Morgan fingerprint density at radius 1 is 0.766 bits per heavy atom. The van der Waals surface area contributed by atoms with Gasteiger partial charge in [0.15, 0.2) is 11.0 Å². The number of aromatic amines is 1. The summed E-state index contributed by atoms with van der Waals surface area (Å²) in [5.74, 6) is 0.866. The van der Waals surface area contributed by atoms with Crippen LogP contribution in [0.3, 0.4) is 0 Å². The molecule has 9 nitrogen and oxygen atoms in total. The molecule has 3 aromatic heterocycles. The van der Waals surface area contributed by atoms with Gasteiger partial charge in [-0.2, -0.15) is 4.57 Å². The number of para-hydroxylation sites is 4. The number of hydrogen-bond donors (Lipinski definition) is 1. The summed E-state index contributed by atoms with van der Waals surface area (Å²) in [4.78, 5) is 37.3. The first-order valence-corrected chi connectivity index (χ1v) is 16.7. The molecule has 1 N–H and O–H groups in total. The zero-order chi connectivity index (χ0) is 30.8. The molecule has 0 amide bonds. The minimum absolute atomic E-state index is 0.175. The molecule has 0 fully saturated rings. The summed E-state index contributed by atoms with van der Waals surface area (Å²) in [7, 11) is -4.03. The van der Waals surface area contributed by atoms with E-state index in [1.165, 1.54) is 0 Å². The number of pyridine rings is 1. The van der Waals surface area contributed by atoms with E-state index in [1.54, 1.807) is 21.1 Å². The average molecular weight is 628 g/mol. The van der Waals surface area contributed by atoms with Gasteiger partial charge in [0.2, 0.25) is 9.84 Å². The number of nitrogens with one attached hydrogen (secondary N) is 1. The summed E-state index contributed by atoms with van der Waals surface area (Å²) in [6.07, 6.45) is 0. The van der Waals surface area contributed by atoms with Crippen molar-refractivity contribution in [3.8, 4) is 17.1 Å². The largest absolute Gasteiger partial charge is 0.488 e. The number of nitrogens with zero attached hydrogens (tertiary/aromatic N) is 3. The van der Waals surface area contributed by atoms with Crippen molar-refractivity contribution < 1.29 is 22.5 Å². The predicted molar refractivity (Wildman–Crippen MR) is 176 cm³/mol. The Hall–Kier alpha value is -6.13. The van der Waals surface area contributed by atoms with Crippen LogP contribution in [0.1, 0.15) is 15.9 Å². The Balaban J connectivity index is 1.36. The number of carbonyl (C=O) groups excluding carboxylic acids is 1. The number of rotatable bonds is 0. The van der Waals surface area contributed by atoms with Gasteiger partial charge in [0, 0.05) is 53.9 Å². The van der Waals surface area contributed by atoms with Gasteiger partial charge in [-0.3, -0.25) is 9.20 Å². The number of fused-ring (bicyclic) bond motifs is 8. The lowest BCUT2D eigenvalue weighted by atomic mass is 9.81. The number of benzene rings is 7. The van der Waals surface area contributed by atoms with Gasteiger partial charge in [-0.1, -0.05) is 24.3 Å². The highest BCUT2D eigenvalue weighted by molar-refractivity contribution is 7.92. The highest BCUT2D eigenvalue weighted by Gasteiger charge is 2.43. The predicted octanol–water partition coefficient (Wildman–Crippen LogP) is 5.97. The molecule has 47 heavy (non-hydrogen) atoms. The minimum atomic E-state index is -4.03. The Morgan fingerprint density at radius 2 is 1.55 bits per heavy atom. The second-order valence-electron chi connectivity index (χ2n) is 12.8. The smallest absolute Gasteiger partial charge is 0.347 e. The summed E-state index contributed by atoms with van der Waals surface area (Å²) in [5.41, 5.74) is 4.95. The number of aromatic nitrogens is 4. The number of imidazole rings is 2.